The van der Waals surface area contributed by atoms with Crippen molar-refractivity contribution < 1.29 is 84.2 Å². The normalized spacial score (nSPS) is 15.1. The molecule has 0 radical (unpaired) electrons. The van der Waals surface area contributed by atoms with Gasteiger partial charge in [-0.2, -0.15) is 74.6 Å². The van der Waals surface area contributed by atoms with Gasteiger partial charge in [0.2, 0.25) is 11.8 Å². The summed E-state index contributed by atoms with van der Waals surface area (Å²) in [6, 6.07) is 0. The third kappa shape index (κ3) is 5.29. The van der Waals surface area contributed by atoms with Crippen molar-refractivity contribution in [2.45, 2.75) is 60.5 Å². The molecule has 21 heteroatoms. The molecular weight excluding hydrogens is 587 g/mol. The largest absolute Gasteiger partial charge is 0.460 e. The second-order valence-electron chi connectivity index (χ2n) is 8.21. The van der Waals surface area contributed by atoms with Gasteiger partial charge in [0, 0.05) is 34.6 Å². The summed E-state index contributed by atoms with van der Waals surface area (Å²) in [5, 5.41) is 0. The summed E-state index contributed by atoms with van der Waals surface area (Å²) in [6.07, 6.45) is -12.6. The van der Waals surface area contributed by atoms with Gasteiger partial charge in [0.15, 0.2) is 0 Å². The van der Waals surface area contributed by atoms with Crippen LogP contribution in [0.15, 0.2) is 0 Å². The minimum Gasteiger partial charge on any atom is -0.348 e. The predicted octanol–water partition coefficient (Wildman–Crippen LogP) is 5.57. The van der Waals surface area contributed by atoms with E-state index in [1.54, 1.807) is 0 Å². The minimum absolute atomic E-state index is 0.509. The molecule has 0 aromatic carbocycles. The molecule has 0 bridgehead atoms. The number of rotatable bonds is 11. The maximum atomic E-state index is 14.1. The van der Waals surface area contributed by atoms with E-state index in [-0.39, 0.29) is 0 Å². The lowest BCUT2D eigenvalue weighted by Crippen LogP contribution is -2.74. The van der Waals surface area contributed by atoms with E-state index in [1.807, 2.05) is 0 Å². The molecule has 0 fully saturated rings. The molecule has 0 spiro atoms. The summed E-state index contributed by atoms with van der Waals surface area (Å²) < 4.78 is 226. The Hall–Kier alpha value is -2.25. The number of hydrogen-bond donors (Lipinski definition) is 0. The summed E-state index contributed by atoms with van der Waals surface area (Å²) >= 11 is 0. The molecule has 4 nitrogen and oxygen atoms in total. The number of alkyl halides is 17. The molecule has 0 saturated heterocycles. The molecule has 0 saturated carbocycles. The number of carbonyl (C=O) groups excluding carboxylic acids is 2. The van der Waals surface area contributed by atoms with Gasteiger partial charge in [-0.05, 0) is 6.42 Å². The van der Waals surface area contributed by atoms with E-state index in [9.17, 15) is 84.2 Å². The van der Waals surface area contributed by atoms with Crippen LogP contribution in [0, 0.1) is 5.92 Å². The third-order valence-electron chi connectivity index (χ3n) is 5.01. The van der Waals surface area contributed by atoms with Crippen molar-refractivity contribution in [3.8, 4) is 0 Å². The zero-order valence-corrected chi connectivity index (χ0v) is 19.1. The highest BCUT2D eigenvalue weighted by molar-refractivity contribution is 5.99. The van der Waals surface area contributed by atoms with E-state index in [2.05, 4.69) is 0 Å². The van der Waals surface area contributed by atoms with E-state index >= 15 is 0 Å². The molecule has 0 heterocycles. The number of amides is 2. The molecule has 0 aliphatic heterocycles. The number of hydrogen-bond acceptors (Lipinski definition) is 2. The van der Waals surface area contributed by atoms with Gasteiger partial charge in [-0.1, -0.05) is 0 Å². The molecular formula is C17H17F17N2O2. The standard InChI is InChI=1S/C17H17F17N2O2/c1-35(2)8(37)7(9(38)36(3)4)5-6-10(18,19)11(20,21)12(22,23)13(24,25)14(26,27)15(28,29)16(30,31)17(32,33)34/h7H,5-6H2,1-4H3. The van der Waals surface area contributed by atoms with Crippen LogP contribution in [0.1, 0.15) is 12.8 Å². The Morgan fingerprint density at radius 3 is 1.03 bits per heavy atom. The fourth-order valence-corrected chi connectivity index (χ4v) is 2.65. The molecule has 0 aliphatic rings. The highest BCUT2D eigenvalue weighted by Crippen LogP contribution is 2.64. The van der Waals surface area contributed by atoms with Crippen molar-refractivity contribution in [1.82, 2.24) is 9.80 Å². The summed E-state index contributed by atoms with van der Waals surface area (Å²) in [5.41, 5.74) is 0. The molecule has 0 rings (SSSR count). The van der Waals surface area contributed by atoms with Gasteiger partial charge in [0.05, 0.1) is 0 Å². The average molecular weight is 604 g/mol. The van der Waals surface area contributed by atoms with Crippen LogP contribution in [-0.2, 0) is 9.59 Å². The quantitative estimate of drug-likeness (QED) is 0.229. The zero-order chi connectivity index (χ0) is 31.3. The molecule has 0 unspecified atom stereocenters. The van der Waals surface area contributed by atoms with Gasteiger partial charge in [0.1, 0.15) is 5.92 Å². The Balaban J connectivity index is 6.61. The second kappa shape index (κ2) is 10.1. The van der Waals surface area contributed by atoms with E-state index < -0.39 is 78.2 Å². The first-order chi connectivity index (χ1) is 16.3. The van der Waals surface area contributed by atoms with E-state index in [1.165, 1.54) is 0 Å². The van der Waals surface area contributed by atoms with Gasteiger partial charge in [0.25, 0.3) is 0 Å². The Morgan fingerprint density at radius 1 is 0.500 bits per heavy atom. The van der Waals surface area contributed by atoms with E-state index in [4.69, 9.17) is 0 Å². The monoisotopic (exact) mass is 604 g/mol. The molecule has 0 N–H and O–H groups in total. The van der Waals surface area contributed by atoms with Crippen LogP contribution in [0.2, 0.25) is 0 Å². The second-order valence-corrected chi connectivity index (χ2v) is 8.21. The summed E-state index contributed by atoms with van der Waals surface area (Å²) in [5.74, 6) is -62.4. The molecule has 226 valence electrons. The lowest BCUT2D eigenvalue weighted by Gasteiger charge is -2.43. The Labute approximate surface area is 201 Å². The first-order valence-electron chi connectivity index (χ1n) is 9.45. The van der Waals surface area contributed by atoms with Crippen molar-refractivity contribution in [2.24, 2.45) is 5.92 Å². The molecule has 0 aromatic rings. The van der Waals surface area contributed by atoms with Crippen LogP contribution >= 0.6 is 0 Å². The van der Waals surface area contributed by atoms with Crippen molar-refractivity contribution in [1.29, 1.82) is 0 Å². The van der Waals surface area contributed by atoms with Crippen molar-refractivity contribution >= 4 is 11.8 Å². The van der Waals surface area contributed by atoms with Gasteiger partial charge in [-0.25, -0.2) is 0 Å². The first kappa shape index (κ1) is 35.8. The fourth-order valence-electron chi connectivity index (χ4n) is 2.65. The Bertz CT molecular complexity index is 860. The first-order valence-corrected chi connectivity index (χ1v) is 9.45. The highest BCUT2D eigenvalue weighted by Gasteiger charge is 2.95. The van der Waals surface area contributed by atoms with Gasteiger partial charge in [-0.15, -0.1) is 0 Å². The lowest BCUT2D eigenvalue weighted by molar-refractivity contribution is -0.461. The SMILES string of the molecule is CN(C)C(=O)C(CCC(F)(F)C(F)(F)C(F)(F)C(F)(F)C(F)(F)C(F)(F)C(F)(F)C(F)(F)F)C(=O)N(C)C. The fraction of sp³-hybridized carbons (Fsp3) is 0.882. The molecule has 2 amide bonds. The Morgan fingerprint density at radius 2 is 0.763 bits per heavy atom. The molecule has 0 atom stereocenters. The van der Waals surface area contributed by atoms with Crippen LogP contribution in [0.5, 0.6) is 0 Å². The van der Waals surface area contributed by atoms with Crippen LogP contribution in [0.3, 0.4) is 0 Å². The molecule has 0 aromatic heterocycles. The third-order valence-corrected chi connectivity index (χ3v) is 5.01. The summed E-state index contributed by atoms with van der Waals surface area (Å²) in [7, 11) is 3.55. The van der Waals surface area contributed by atoms with Gasteiger partial charge in [-0.3, -0.25) is 9.59 Å². The van der Waals surface area contributed by atoms with Gasteiger partial charge >= 0.3 is 47.6 Å². The minimum atomic E-state index is -8.72. The highest BCUT2D eigenvalue weighted by atomic mass is 19.4. The van der Waals surface area contributed by atoms with Crippen LogP contribution in [-0.4, -0.2) is 97.4 Å². The molecule has 0 aliphatic carbocycles. The lowest BCUT2D eigenvalue weighted by atomic mass is 9.86. The smallest absolute Gasteiger partial charge is 0.348 e. The van der Waals surface area contributed by atoms with E-state index in [0.717, 1.165) is 28.2 Å². The predicted molar refractivity (Wildman–Crippen MR) is 90.8 cm³/mol. The van der Waals surface area contributed by atoms with Crippen molar-refractivity contribution in [3.05, 3.63) is 0 Å². The van der Waals surface area contributed by atoms with Gasteiger partial charge < -0.3 is 9.80 Å². The number of carbonyl (C=O) groups is 2. The maximum absolute atomic E-state index is 14.1. The van der Waals surface area contributed by atoms with Crippen molar-refractivity contribution in [3.63, 3.8) is 0 Å². The molecule has 38 heavy (non-hydrogen) atoms. The number of halogens is 17. The van der Waals surface area contributed by atoms with Crippen LogP contribution < -0.4 is 0 Å². The summed E-state index contributed by atoms with van der Waals surface area (Å²) in [6.45, 7) is 0. The topological polar surface area (TPSA) is 40.6 Å². The van der Waals surface area contributed by atoms with Crippen LogP contribution in [0.4, 0.5) is 74.6 Å². The number of nitrogens with zero attached hydrogens (tertiary/aromatic N) is 2. The maximum Gasteiger partial charge on any atom is 0.460 e. The average Bonchev–Trinajstić information content (AvgIpc) is 2.71. The Kier molecular flexibility index (Phi) is 9.46. The van der Waals surface area contributed by atoms with Crippen LogP contribution in [0.25, 0.3) is 0 Å². The zero-order valence-electron chi connectivity index (χ0n) is 19.1. The van der Waals surface area contributed by atoms with E-state index in [0.29, 0.717) is 9.80 Å². The summed E-state index contributed by atoms with van der Waals surface area (Å²) in [4.78, 5) is 24.9. The van der Waals surface area contributed by atoms with Crippen molar-refractivity contribution in [2.75, 3.05) is 28.2 Å².